The Bertz CT molecular complexity index is 206. The van der Waals surface area contributed by atoms with E-state index in [1.807, 2.05) is 0 Å². The highest BCUT2D eigenvalue weighted by Gasteiger charge is 2.16. The molecule has 0 aromatic rings. The molecule has 1 N–H and O–H groups in total. The van der Waals surface area contributed by atoms with Crippen LogP contribution in [0.3, 0.4) is 0 Å². The van der Waals surface area contributed by atoms with Gasteiger partial charge in [0.1, 0.15) is 0 Å². The third kappa shape index (κ3) is 4.87. The molecule has 1 heterocycles. The summed E-state index contributed by atoms with van der Waals surface area (Å²) in [7, 11) is 0. The van der Waals surface area contributed by atoms with E-state index in [-0.39, 0.29) is 0 Å². The highest BCUT2D eigenvalue weighted by molar-refractivity contribution is 4.73. The molecule has 0 amide bonds. The second-order valence-corrected chi connectivity index (χ2v) is 6.04. The summed E-state index contributed by atoms with van der Waals surface area (Å²) in [6.45, 7) is 12.3. The van der Waals surface area contributed by atoms with Gasteiger partial charge in [-0.15, -0.1) is 0 Å². The number of rotatable bonds is 7. The zero-order valence-corrected chi connectivity index (χ0v) is 12.2. The monoisotopic (exact) mass is 253 g/mol. The Morgan fingerprint density at radius 3 is 2.17 bits per heavy atom. The average molecular weight is 253 g/mol. The summed E-state index contributed by atoms with van der Waals surface area (Å²) in [5, 5.41) is 3.66. The standard InChI is InChI=1S/C15H31N3/c1-2-8-17-10-12-18(13-11-17)9-7-16-14-15-5-3-4-6-15/h15-16H,2-14H2,1H3. The highest BCUT2D eigenvalue weighted by atomic mass is 15.3. The lowest BCUT2D eigenvalue weighted by Crippen LogP contribution is -2.48. The molecule has 0 bridgehead atoms. The molecular weight excluding hydrogens is 222 g/mol. The molecule has 1 saturated heterocycles. The first kappa shape index (κ1) is 14.3. The van der Waals surface area contributed by atoms with Crippen molar-refractivity contribution in [3.05, 3.63) is 0 Å². The Balaban J connectivity index is 1.47. The first-order valence-corrected chi connectivity index (χ1v) is 8.04. The van der Waals surface area contributed by atoms with Gasteiger partial charge in [-0.05, 0) is 38.3 Å². The summed E-state index contributed by atoms with van der Waals surface area (Å²) >= 11 is 0. The van der Waals surface area contributed by atoms with Gasteiger partial charge in [0, 0.05) is 39.3 Å². The molecule has 2 fully saturated rings. The largest absolute Gasteiger partial charge is 0.315 e. The van der Waals surface area contributed by atoms with Gasteiger partial charge in [-0.1, -0.05) is 19.8 Å². The van der Waals surface area contributed by atoms with Gasteiger partial charge in [-0.2, -0.15) is 0 Å². The Morgan fingerprint density at radius 2 is 1.56 bits per heavy atom. The number of nitrogens with one attached hydrogen (secondary N) is 1. The summed E-state index contributed by atoms with van der Waals surface area (Å²) in [5.74, 6) is 0.978. The van der Waals surface area contributed by atoms with E-state index in [0.717, 1.165) is 5.92 Å². The van der Waals surface area contributed by atoms with E-state index in [4.69, 9.17) is 0 Å². The zero-order chi connectivity index (χ0) is 12.6. The van der Waals surface area contributed by atoms with Crippen LogP contribution in [-0.2, 0) is 0 Å². The first-order valence-electron chi connectivity index (χ1n) is 8.04. The fourth-order valence-corrected chi connectivity index (χ4v) is 3.31. The fourth-order valence-electron chi connectivity index (χ4n) is 3.31. The lowest BCUT2D eigenvalue weighted by atomic mass is 10.1. The van der Waals surface area contributed by atoms with Crippen molar-refractivity contribution in [3.8, 4) is 0 Å². The SMILES string of the molecule is CCCN1CCN(CCNCC2CCCC2)CC1. The first-order chi connectivity index (χ1) is 8.88. The molecule has 2 aliphatic rings. The van der Waals surface area contributed by atoms with Crippen molar-refractivity contribution in [2.45, 2.75) is 39.0 Å². The minimum Gasteiger partial charge on any atom is -0.315 e. The van der Waals surface area contributed by atoms with Gasteiger partial charge in [-0.25, -0.2) is 0 Å². The molecule has 0 aromatic carbocycles. The summed E-state index contributed by atoms with van der Waals surface area (Å²) in [6.07, 6.45) is 7.14. The van der Waals surface area contributed by atoms with Crippen LogP contribution in [0.25, 0.3) is 0 Å². The quantitative estimate of drug-likeness (QED) is 0.698. The third-order valence-corrected chi connectivity index (χ3v) is 4.52. The van der Waals surface area contributed by atoms with E-state index in [2.05, 4.69) is 22.0 Å². The van der Waals surface area contributed by atoms with Gasteiger partial charge in [0.25, 0.3) is 0 Å². The molecule has 0 unspecified atom stereocenters. The molecule has 2 rings (SSSR count). The smallest absolute Gasteiger partial charge is 0.0110 e. The van der Waals surface area contributed by atoms with Gasteiger partial charge in [0.2, 0.25) is 0 Å². The number of hydrogen-bond acceptors (Lipinski definition) is 3. The average Bonchev–Trinajstić information content (AvgIpc) is 2.90. The minimum absolute atomic E-state index is 0.978. The Kier molecular flexibility index (Phi) is 6.46. The summed E-state index contributed by atoms with van der Waals surface area (Å²) in [6, 6.07) is 0. The van der Waals surface area contributed by atoms with Gasteiger partial charge in [-0.3, -0.25) is 4.90 Å². The number of hydrogen-bond donors (Lipinski definition) is 1. The van der Waals surface area contributed by atoms with Crippen molar-refractivity contribution >= 4 is 0 Å². The maximum Gasteiger partial charge on any atom is 0.0110 e. The lowest BCUT2D eigenvalue weighted by Gasteiger charge is -2.34. The van der Waals surface area contributed by atoms with Gasteiger partial charge in [0.05, 0.1) is 0 Å². The normalized spacial score (nSPS) is 23.8. The molecule has 0 atom stereocenters. The number of piperazine rings is 1. The highest BCUT2D eigenvalue weighted by Crippen LogP contribution is 2.23. The third-order valence-electron chi connectivity index (χ3n) is 4.52. The molecular formula is C15H31N3. The molecule has 3 heteroatoms. The molecule has 1 saturated carbocycles. The van der Waals surface area contributed by atoms with Crippen LogP contribution in [-0.4, -0.2) is 62.2 Å². The summed E-state index contributed by atoms with van der Waals surface area (Å²) in [5.41, 5.74) is 0. The van der Waals surface area contributed by atoms with Crippen LogP contribution in [0.5, 0.6) is 0 Å². The van der Waals surface area contributed by atoms with Gasteiger partial charge < -0.3 is 10.2 Å². The van der Waals surface area contributed by atoms with Crippen molar-refractivity contribution in [2.75, 3.05) is 52.4 Å². The molecule has 0 spiro atoms. The maximum absolute atomic E-state index is 3.66. The zero-order valence-electron chi connectivity index (χ0n) is 12.2. The Labute approximate surface area is 113 Å². The molecule has 3 nitrogen and oxygen atoms in total. The molecule has 18 heavy (non-hydrogen) atoms. The fraction of sp³-hybridized carbons (Fsp3) is 1.00. The van der Waals surface area contributed by atoms with Crippen LogP contribution in [0.15, 0.2) is 0 Å². The van der Waals surface area contributed by atoms with Crippen molar-refractivity contribution in [3.63, 3.8) is 0 Å². The molecule has 0 radical (unpaired) electrons. The summed E-state index contributed by atoms with van der Waals surface area (Å²) < 4.78 is 0. The minimum atomic E-state index is 0.978. The van der Waals surface area contributed by atoms with Gasteiger partial charge in [0.15, 0.2) is 0 Å². The molecule has 0 aromatic heterocycles. The Hall–Kier alpha value is -0.120. The van der Waals surface area contributed by atoms with E-state index in [1.165, 1.54) is 84.5 Å². The number of nitrogens with zero attached hydrogens (tertiary/aromatic N) is 2. The molecule has 1 aliphatic carbocycles. The second-order valence-electron chi connectivity index (χ2n) is 6.04. The van der Waals surface area contributed by atoms with E-state index in [9.17, 15) is 0 Å². The topological polar surface area (TPSA) is 18.5 Å². The van der Waals surface area contributed by atoms with E-state index in [0.29, 0.717) is 0 Å². The predicted molar refractivity (Wildman–Crippen MR) is 78.0 cm³/mol. The lowest BCUT2D eigenvalue weighted by molar-refractivity contribution is 0.133. The van der Waals surface area contributed by atoms with Crippen LogP contribution < -0.4 is 5.32 Å². The van der Waals surface area contributed by atoms with Crippen molar-refractivity contribution in [1.82, 2.24) is 15.1 Å². The van der Waals surface area contributed by atoms with Crippen LogP contribution >= 0.6 is 0 Å². The van der Waals surface area contributed by atoms with Crippen LogP contribution in [0.4, 0.5) is 0 Å². The van der Waals surface area contributed by atoms with Crippen LogP contribution in [0.2, 0.25) is 0 Å². The maximum atomic E-state index is 3.66. The van der Waals surface area contributed by atoms with Crippen molar-refractivity contribution in [2.24, 2.45) is 5.92 Å². The van der Waals surface area contributed by atoms with Crippen molar-refractivity contribution in [1.29, 1.82) is 0 Å². The van der Waals surface area contributed by atoms with E-state index >= 15 is 0 Å². The molecule has 1 aliphatic heterocycles. The van der Waals surface area contributed by atoms with E-state index in [1.54, 1.807) is 0 Å². The second kappa shape index (κ2) is 8.13. The van der Waals surface area contributed by atoms with Crippen LogP contribution in [0.1, 0.15) is 39.0 Å². The van der Waals surface area contributed by atoms with Crippen LogP contribution in [0, 0.1) is 5.92 Å². The Morgan fingerprint density at radius 1 is 0.944 bits per heavy atom. The predicted octanol–water partition coefficient (Wildman–Crippen LogP) is 1.79. The van der Waals surface area contributed by atoms with Gasteiger partial charge >= 0.3 is 0 Å². The summed E-state index contributed by atoms with van der Waals surface area (Å²) in [4.78, 5) is 5.22. The van der Waals surface area contributed by atoms with Crippen molar-refractivity contribution < 1.29 is 0 Å². The van der Waals surface area contributed by atoms with E-state index < -0.39 is 0 Å². The molecule has 106 valence electrons.